The van der Waals surface area contributed by atoms with Crippen molar-refractivity contribution in [3.05, 3.63) is 29.3 Å². The molecule has 0 spiro atoms. The smallest absolute Gasteiger partial charge is 0.227 e. The average molecular weight is 410 g/mol. The second kappa shape index (κ2) is 7.54. The van der Waals surface area contributed by atoms with Gasteiger partial charge in [-0.3, -0.25) is 4.79 Å². The highest BCUT2D eigenvalue weighted by Gasteiger charge is 2.54. The predicted octanol–water partition coefficient (Wildman–Crippen LogP) is 1.53. The summed E-state index contributed by atoms with van der Waals surface area (Å²) in [7, 11) is 0. The SMILES string of the molecule is O=C(C1CC(O)C(O)C2NC(=S)N(c3ccc(Cl)cc3)C12)N1CCCCC1. The number of carbonyl (C=O) groups is 1. The molecule has 5 atom stereocenters. The Morgan fingerprint density at radius 1 is 1.15 bits per heavy atom. The Bertz CT molecular complexity index is 725. The van der Waals surface area contributed by atoms with Gasteiger partial charge in [0.2, 0.25) is 5.91 Å². The fourth-order valence-electron chi connectivity index (χ4n) is 4.58. The first-order valence-corrected chi connectivity index (χ1v) is 10.3. The van der Waals surface area contributed by atoms with E-state index in [4.69, 9.17) is 23.8 Å². The number of rotatable bonds is 2. The van der Waals surface area contributed by atoms with Crippen molar-refractivity contribution < 1.29 is 15.0 Å². The number of carbonyl (C=O) groups excluding carboxylic acids is 1. The van der Waals surface area contributed by atoms with Gasteiger partial charge in [-0.2, -0.15) is 0 Å². The zero-order chi connectivity index (χ0) is 19.1. The standard InChI is InChI=1S/C19H24ClN3O3S/c20-11-4-6-12(7-5-11)23-16-13(18(26)22-8-2-1-3-9-22)10-14(24)17(25)15(16)21-19(23)27/h4-7,13-17,24-25H,1-3,8-10H2,(H,21,27). The van der Waals surface area contributed by atoms with Crippen molar-refractivity contribution in [2.24, 2.45) is 5.92 Å². The minimum atomic E-state index is -0.976. The van der Waals surface area contributed by atoms with Crippen LogP contribution in [-0.2, 0) is 4.79 Å². The van der Waals surface area contributed by atoms with Crippen molar-refractivity contribution in [2.75, 3.05) is 18.0 Å². The molecule has 3 N–H and O–H groups in total. The summed E-state index contributed by atoms with van der Waals surface area (Å²) in [6.45, 7) is 1.51. The number of aliphatic hydroxyl groups excluding tert-OH is 2. The molecule has 6 nitrogen and oxygen atoms in total. The van der Waals surface area contributed by atoms with Crippen molar-refractivity contribution in [3.63, 3.8) is 0 Å². The van der Waals surface area contributed by atoms with E-state index in [1.54, 1.807) is 12.1 Å². The van der Waals surface area contributed by atoms with Crippen molar-refractivity contribution in [3.8, 4) is 0 Å². The van der Waals surface area contributed by atoms with Crippen LogP contribution in [0.1, 0.15) is 25.7 Å². The molecule has 5 unspecified atom stereocenters. The van der Waals surface area contributed by atoms with Gasteiger partial charge in [0.1, 0.15) is 6.10 Å². The van der Waals surface area contributed by atoms with Crippen molar-refractivity contribution in [1.82, 2.24) is 10.2 Å². The van der Waals surface area contributed by atoms with E-state index >= 15 is 0 Å². The Balaban J connectivity index is 1.68. The number of hydrogen-bond donors (Lipinski definition) is 3. The van der Waals surface area contributed by atoms with Crippen LogP contribution in [0.4, 0.5) is 5.69 Å². The lowest BCUT2D eigenvalue weighted by Crippen LogP contribution is -2.61. The Morgan fingerprint density at radius 2 is 1.81 bits per heavy atom. The molecule has 1 amide bonds. The van der Waals surface area contributed by atoms with Gasteiger partial charge in [-0.05, 0) is 62.2 Å². The Kier molecular flexibility index (Phi) is 5.29. The summed E-state index contributed by atoms with van der Waals surface area (Å²) in [5, 5.41) is 25.1. The molecule has 2 saturated heterocycles. The molecule has 1 aromatic carbocycles. The summed E-state index contributed by atoms with van der Waals surface area (Å²) in [4.78, 5) is 17.1. The van der Waals surface area contributed by atoms with Gasteiger partial charge in [0.25, 0.3) is 0 Å². The number of likely N-dealkylation sites (tertiary alicyclic amines) is 1. The second-order valence-electron chi connectivity index (χ2n) is 7.60. The molecule has 1 aliphatic carbocycles. The first kappa shape index (κ1) is 18.9. The van der Waals surface area contributed by atoms with Gasteiger partial charge < -0.3 is 25.3 Å². The summed E-state index contributed by atoms with van der Waals surface area (Å²) in [6.07, 6.45) is 1.46. The molecule has 27 heavy (non-hydrogen) atoms. The number of nitrogens with one attached hydrogen (secondary N) is 1. The first-order valence-electron chi connectivity index (χ1n) is 9.47. The summed E-state index contributed by atoms with van der Waals surface area (Å²) in [6, 6.07) is 6.45. The largest absolute Gasteiger partial charge is 0.390 e. The molecule has 3 fully saturated rings. The van der Waals surface area contributed by atoms with Crippen LogP contribution in [0.15, 0.2) is 24.3 Å². The topological polar surface area (TPSA) is 76.0 Å². The van der Waals surface area contributed by atoms with Crippen LogP contribution in [0.3, 0.4) is 0 Å². The number of hydrogen-bond acceptors (Lipinski definition) is 4. The quantitative estimate of drug-likeness (QED) is 0.643. The van der Waals surface area contributed by atoms with Crippen molar-refractivity contribution in [2.45, 2.75) is 50.0 Å². The second-order valence-corrected chi connectivity index (χ2v) is 8.42. The molecular formula is C19H24ClN3O3S. The molecule has 0 aromatic heterocycles. The van der Waals surface area contributed by atoms with Crippen LogP contribution in [0.2, 0.25) is 5.02 Å². The zero-order valence-corrected chi connectivity index (χ0v) is 16.5. The van der Waals surface area contributed by atoms with Gasteiger partial charge in [0, 0.05) is 23.8 Å². The molecule has 3 aliphatic rings. The van der Waals surface area contributed by atoms with Gasteiger partial charge in [-0.1, -0.05) is 11.6 Å². The minimum Gasteiger partial charge on any atom is -0.390 e. The van der Waals surface area contributed by atoms with E-state index in [0.717, 1.165) is 38.0 Å². The number of fused-ring (bicyclic) bond motifs is 1. The average Bonchev–Trinajstić information content (AvgIpc) is 3.03. The normalized spacial score (nSPS) is 33.6. The van der Waals surface area contributed by atoms with E-state index < -0.39 is 24.2 Å². The number of piperidine rings is 1. The fourth-order valence-corrected chi connectivity index (χ4v) is 5.07. The van der Waals surface area contributed by atoms with E-state index in [0.29, 0.717) is 10.1 Å². The summed E-state index contributed by atoms with van der Waals surface area (Å²) >= 11 is 11.5. The minimum absolute atomic E-state index is 0.0427. The fraction of sp³-hybridized carbons (Fsp3) is 0.579. The number of amides is 1. The van der Waals surface area contributed by atoms with Gasteiger partial charge in [0.15, 0.2) is 5.11 Å². The third-order valence-corrected chi connectivity index (χ3v) is 6.50. The van der Waals surface area contributed by atoms with Crippen molar-refractivity contribution in [1.29, 1.82) is 0 Å². The molecule has 0 bridgehead atoms. The number of nitrogens with zero attached hydrogens (tertiary/aromatic N) is 2. The number of benzene rings is 1. The number of aliphatic hydroxyl groups is 2. The van der Waals surface area contributed by atoms with E-state index in [9.17, 15) is 15.0 Å². The Morgan fingerprint density at radius 3 is 2.48 bits per heavy atom. The highest BCUT2D eigenvalue weighted by Crippen LogP contribution is 2.38. The van der Waals surface area contributed by atoms with Crippen LogP contribution >= 0.6 is 23.8 Å². The molecule has 4 rings (SSSR count). The maximum absolute atomic E-state index is 13.3. The van der Waals surface area contributed by atoms with Crippen LogP contribution in [0, 0.1) is 5.92 Å². The molecular weight excluding hydrogens is 386 g/mol. The monoisotopic (exact) mass is 409 g/mol. The molecule has 1 saturated carbocycles. The Labute approximate surface area is 169 Å². The maximum atomic E-state index is 13.3. The van der Waals surface area contributed by atoms with Gasteiger partial charge in [-0.25, -0.2) is 0 Å². The summed E-state index contributed by atoms with van der Waals surface area (Å²) in [5.74, 6) is -0.392. The van der Waals surface area contributed by atoms with E-state index in [1.165, 1.54) is 0 Å². The van der Waals surface area contributed by atoms with Crippen LogP contribution in [-0.4, -0.2) is 63.5 Å². The maximum Gasteiger partial charge on any atom is 0.227 e. The van der Waals surface area contributed by atoms with E-state index in [-0.39, 0.29) is 18.4 Å². The van der Waals surface area contributed by atoms with Crippen LogP contribution in [0.5, 0.6) is 0 Å². The van der Waals surface area contributed by atoms with Gasteiger partial charge >= 0.3 is 0 Å². The van der Waals surface area contributed by atoms with E-state index in [2.05, 4.69) is 5.32 Å². The zero-order valence-electron chi connectivity index (χ0n) is 14.9. The Hall–Kier alpha value is -1.41. The first-order chi connectivity index (χ1) is 13.0. The van der Waals surface area contributed by atoms with Gasteiger partial charge in [0.05, 0.1) is 24.1 Å². The highest BCUT2D eigenvalue weighted by atomic mass is 35.5. The lowest BCUT2D eigenvalue weighted by Gasteiger charge is -2.43. The number of anilines is 1. The van der Waals surface area contributed by atoms with Crippen LogP contribution < -0.4 is 10.2 Å². The molecule has 2 heterocycles. The molecule has 8 heteroatoms. The molecule has 2 aliphatic heterocycles. The molecule has 0 radical (unpaired) electrons. The molecule has 1 aromatic rings. The summed E-state index contributed by atoms with van der Waals surface area (Å²) in [5.41, 5.74) is 0.824. The molecule has 146 valence electrons. The predicted molar refractivity (Wildman–Crippen MR) is 108 cm³/mol. The number of halogens is 1. The third-order valence-electron chi connectivity index (χ3n) is 5.93. The number of thiocarbonyl (C=S) groups is 1. The highest BCUT2D eigenvalue weighted by molar-refractivity contribution is 7.80. The third kappa shape index (κ3) is 3.42. The van der Waals surface area contributed by atoms with E-state index in [1.807, 2.05) is 21.9 Å². The lowest BCUT2D eigenvalue weighted by atomic mass is 9.76. The lowest BCUT2D eigenvalue weighted by molar-refractivity contribution is -0.142. The summed E-state index contributed by atoms with van der Waals surface area (Å²) < 4.78 is 0. The van der Waals surface area contributed by atoms with Crippen molar-refractivity contribution >= 4 is 40.5 Å². The van der Waals surface area contributed by atoms with Crippen LogP contribution in [0.25, 0.3) is 0 Å². The van der Waals surface area contributed by atoms with Gasteiger partial charge in [-0.15, -0.1) is 0 Å².